The molecule has 1 aliphatic heterocycles. The molecule has 1 unspecified atom stereocenters. The van der Waals surface area contributed by atoms with E-state index in [1.54, 1.807) is 13.0 Å². The quantitative estimate of drug-likeness (QED) is 0.873. The Morgan fingerprint density at radius 3 is 2.55 bits per heavy atom. The van der Waals surface area contributed by atoms with E-state index < -0.39 is 5.97 Å². The summed E-state index contributed by atoms with van der Waals surface area (Å²) in [6.45, 7) is 3.43. The summed E-state index contributed by atoms with van der Waals surface area (Å²) < 4.78 is 0. The van der Waals surface area contributed by atoms with Gasteiger partial charge < -0.3 is 15.3 Å². The van der Waals surface area contributed by atoms with Crippen molar-refractivity contribution in [2.24, 2.45) is 0 Å². The number of hydrogen-bond donors (Lipinski definition) is 2. The maximum absolute atomic E-state index is 12.2. The molecule has 0 aromatic carbocycles. The summed E-state index contributed by atoms with van der Waals surface area (Å²) in [5.74, 6) is -0.442. The molecule has 2 N–H and O–H groups in total. The van der Waals surface area contributed by atoms with Crippen molar-refractivity contribution in [3.8, 4) is 0 Å². The van der Waals surface area contributed by atoms with Crippen molar-refractivity contribution in [2.75, 3.05) is 18.4 Å². The van der Waals surface area contributed by atoms with Crippen LogP contribution in [0, 0.1) is 0 Å². The number of pyridine rings is 1. The largest absolute Gasteiger partial charge is 0.478 e. The van der Waals surface area contributed by atoms with E-state index in [2.05, 4.69) is 10.3 Å². The van der Waals surface area contributed by atoms with Gasteiger partial charge in [-0.15, -0.1) is 0 Å². The number of amides is 1. The Kier molecular flexibility index (Phi) is 4.55. The standard InChI is InChI=1S/C14H19N3O3/c1-10(13(18)17-7-3-2-4-8-17)16-12-6-5-11(9-15-12)14(19)20/h5-6,9-10H,2-4,7-8H2,1H3,(H,15,16)(H,19,20). The third kappa shape index (κ3) is 3.46. The summed E-state index contributed by atoms with van der Waals surface area (Å²) in [5.41, 5.74) is 0.130. The number of aromatic carboxylic acids is 1. The highest BCUT2D eigenvalue weighted by Crippen LogP contribution is 2.12. The van der Waals surface area contributed by atoms with Gasteiger partial charge in [-0.1, -0.05) is 0 Å². The smallest absolute Gasteiger partial charge is 0.337 e. The van der Waals surface area contributed by atoms with Crippen LogP contribution in [0.25, 0.3) is 0 Å². The molecule has 20 heavy (non-hydrogen) atoms. The van der Waals surface area contributed by atoms with Crippen LogP contribution >= 0.6 is 0 Å². The Hall–Kier alpha value is -2.11. The third-order valence-corrected chi connectivity index (χ3v) is 3.41. The first kappa shape index (κ1) is 14.3. The van der Waals surface area contributed by atoms with Crippen molar-refractivity contribution in [1.82, 2.24) is 9.88 Å². The van der Waals surface area contributed by atoms with Gasteiger partial charge in [0.25, 0.3) is 0 Å². The highest BCUT2D eigenvalue weighted by molar-refractivity contribution is 5.87. The normalized spacial score (nSPS) is 16.6. The highest BCUT2D eigenvalue weighted by Gasteiger charge is 2.22. The Morgan fingerprint density at radius 2 is 2.00 bits per heavy atom. The van der Waals surface area contributed by atoms with Gasteiger partial charge in [-0.2, -0.15) is 0 Å². The van der Waals surface area contributed by atoms with Gasteiger partial charge in [-0.05, 0) is 38.3 Å². The molecule has 1 amide bonds. The lowest BCUT2D eigenvalue weighted by Gasteiger charge is -2.29. The number of piperidine rings is 1. The second-order valence-corrected chi connectivity index (χ2v) is 4.99. The van der Waals surface area contributed by atoms with E-state index >= 15 is 0 Å². The summed E-state index contributed by atoms with van der Waals surface area (Å²) in [6, 6.07) is 2.68. The topological polar surface area (TPSA) is 82.5 Å². The molecule has 1 atom stereocenters. The molecule has 2 rings (SSSR count). The average molecular weight is 277 g/mol. The highest BCUT2D eigenvalue weighted by atomic mass is 16.4. The maximum atomic E-state index is 12.2. The molecule has 0 spiro atoms. The van der Waals surface area contributed by atoms with Crippen molar-refractivity contribution in [1.29, 1.82) is 0 Å². The fourth-order valence-electron chi connectivity index (χ4n) is 2.28. The fraction of sp³-hybridized carbons (Fsp3) is 0.500. The monoisotopic (exact) mass is 277 g/mol. The van der Waals surface area contributed by atoms with Crippen LogP contribution < -0.4 is 5.32 Å². The van der Waals surface area contributed by atoms with Crippen molar-refractivity contribution in [3.05, 3.63) is 23.9 Å². The third-order valence-electron chi connectivity index (χ3n) is 3.41. The summed E-state index contributed by atoms with van der Waals surface area (Å²) >= 11 is 0. The van der Waals surface area contributed by atoms with Crippen LogP contribution in [0.5, 0.6) is 0 Å². The number of carboxylic acid groups (broad SMARTS) is 1. The molecule has 1 saturated heterocycles. The number of likely N-dealkylation sites (tertiary alicyclic amines) is 1. The zero-order valence-corrected chi connectivity index (χ0v) is 11.5. The van der Waals surface area contributed by atoms with Crippen LogP contribution in [-0.4, -0.2) is 46.0 Å². The van der Waals surface area contributed by atoms with Gasteiger partial charge in [0.2, 0.25) is 5.91 Å². The number of carbonyl (C=O) groups excluding carboxylic acids is 1. The van der Waals surface area contributed by atoms with E-state index in [1.807, 2.05) is 4.90 Å². The molecule has 0 aliphatic carbocycles. The predicted molar refractivity (Wildman–Crippen MR) is 74.7 cm³/mol. The number of anilines is 1. The molecule has 0 radical (unpaired) electrons. The van der Waals surface area contributed by atoms with E-state index in [9.17, 15) is 9.59 Å². The maximum Gasteiger partial charge on any atom is 0.337 e. The van der Waals surface area contributed by atoms with Gasteiger partial charge in [-0.3, -0.25) is 4.79 Å². The van der Waals surface area contributed by atoms with Gasteiger partial charge in [0, 0.05) is 19.3 Å². The lowest BCUT2D eigenvalue weighted by Crippen LogP contribution is -2.44. The van der Waals surface area contributed by atoms with Crippen molar-refractivity contribution < 1.29 is 14.7 Å². The van der Waals surface area contributed by atoms with Crippen molar-refractivity contribution in [3.63, 3.8) is 0 Å². The summed E-state index contributed by atoms with van der Waals surface area (Å²) in [5, 5.41) is 11.8. The zero-order chi connectivity index (χ0) is 14.5. The van der Waals surface area contributed by atoms with Crippen LogP contribution in [0.15, 0.2) is 18.3 Å². The Labute approximate surface area is 117 Å². The number of nitrogens with one attached hydrogen (secondary N) is 1. The van der Waals surface area contributed by atoms with Gasteiger partial charge in [-0.25, -0.2) is 9.78 Å². The number of carboxylic acids is 1. The Balaban J connectivity index is 1.94. The first-order valence-corrected chi connectivity index (χ1v) is 6.82. The SMILES string of the molecule is CC(Nc1ccc(C(=O)O)cn1)C(=O)N1CCCCC1. The van der Waals surface area contributed by atoms with Gasteiger partial charge in [0.15, 0.2) is 0 Å². The number of rotatable bonds is 4. The van der Waals surface area contributed by atoms with E-state index in [0.717, 1.165) is 25.9 Å². The first-order chi connectivity index (χ1) is 9.58. The van der Waals surface area contributed by atoms with Crippen LogP contribution in [0.4, 0.5) is 5.82 Å². The molecular weight excluding hydrogens is 258 g/mol. The van der Waals surface area contributed by atoms with E-state index in [-0.39, 0.29) is 17.5 Å². The lowest BCUT2D eigenvalue weighted by molar-refractivity contribution is -0.132. The lowest BCUT2D eigenvalue weighted by atomic mass is 10.1. The van der Waals surface area contributed by atoms with E-state index in [1.165, 1.54) is 18.7 Å². The Morgan fingerprint density at radius 1 is 1.30 bits per heavy atom. The number of carbonyl (C=O) groups is 2. The second kappa shape index (κ2) is 6.36. The summed E-state index contributed by atoms with van der Waals surface area (Å²) in [6.07, 6.45) is 4.58. The minimum absolute atomic E-state index is 0.0637. The Bertz CT molecular complexity index is 481. The molecule has 1 aliphatic rings. The fourth-order valence-corrected chi connectivity index (χ4v) is 2.28. The van der Waals surface area contributed by atoms with Crippen LogP contribution in [-0.2, 0) is 4.79 Å². The molecule has 1 aromatic heterocycles. The molecule has 6 heteroatoms. The summed E-state index contributed by atoms with van der Waals surface area (Å²) in [7, 11) is 0. The zero-order valence-electron chi connectivity index (χ0n) is 11.5. The second-order valence-electron chi connectivity index (χ2n) is 4.99. The molecule has 1 aromatic rings. The minimum Gasteiger partial charge on any atom is -0.478 e. The number of hydrogen-bond acceptors (Lipinski definition) is 4. The number of nitrogens with zero attached hydrogens (tertiary/aromatic N) is 2. The van der Waals surface area contributed by atoms with E-state index in [4.69, 9.17) is 5.11 Å². The first-order valence-electron chi connectivity index (χ1n) is 6.82. The molecule has 0 bridgehead atoms. The van der Waals surface area contributed by atoms with Crippen LogP contribution in [0.3, 0.4) is 0 Å². The molecule has 1 fully saturated rings. The van der Waals surface area contributed by atoms with E-state index in [0.29, 0.717) is 5.82 Å². The van der Waals surface area contributed by atoms with Crippen LogP contribution in [0.2, 0.25) is 0 Å². The predicted octanol–water partition coefficient (Wildman–Crippen LogP) is 1.59. The van der Waals surface area contributed by atoms with Gasteiger partial charge in [0.1, 0.15) is 11.9 Å². The van der Waals surface area contributed by atoms with Gasteiger partial charge >= 0.3 is 5.97 Å². The molecule has 2 heterocycles. The molecular formula is C14H19N3O3. The summed E-state index contributed by atoms with van der Waals surface area (Å²) in [4.78, 5) is 28.8. The molecule has 0 saturated carbocycles. The van der Waals surface area contributed by atoms with Crippen molar-refractivity contribution in [2.45, 2.75) is 32.2 Å². The van der Waals surface area contributed by atoms with Crippen LogP contribution in [0.1, 0.15) is 36.5 Å². The average Bonchev–Trinajstić information content (AvgIpc) is 2.48. The van der Waals surface area contributed by atoms with Gasteiger partial charge in [0.05, 0.1) is 5.56 Å². The van der Waals surface area contributed by atoms with Crippen molar-refractivity contribution >= 4 is 17.7 Å². The number of aromatic nitrogens is 1. The minimum atomic E-state index is -1.01. The molecule has 108 valence electrons. The molecule has 6 nitrogen and oxygen atoms in total.